The van der Waals surface area contributed by atoms with Gasteiger partial charge in [0.25, 0.3) is 0 Å². The summed E-state index contributed by atoms with van der Waals surface area (Å²) in [5.74, 6) is 1.65. The maximum atomic E-state index is 5.44. The molecule has 0 amide bonds. The van der Waals surface area contributed by atoms with Gasteiger partial charge in [-0.15, -0.1) is 0 Å². The highest BCUT2D eigenvalue weighted by Gasteiger charge is 2.42. The Kier molecular flexibility index (Phi) is 4.57. The van der Waals surface area contributed by atoms with Crippen LogP contribution in [0.4, 0.5) is 0 Å². The van der Waals surface area contributed by atoms with Gasteiger partial charge in [-0.2, -0.15) is 0 Å². The minimum absolute atomic E-state index is 0.662. The molecule has 2 heterocycles. The largest absolute Gasteiger partial charge is 0.497 e. The van der Waals surface area contributed by atoms with Gasteiger partial charge in [0.05, 0.1) is 7.11 Å². The molecule has 0 radical (unpaired) electrons. The van der Waals surface area contributed by atoms with Crippen molar-refractivity contribution in [3.63, 3.8) is 0 Å². The SMILES string of the molecule is COc1cccc(C2CCC3CCC2N3CCc2ccccc2)c1. The third-order valence-corrected chi connectivity index (χ3v) is 5.99. The van der Waals surface area contributed by atoms with Gasteiger partial charge in [-0.3, -0.25) is 4.90 Å². The van der Waals surface area contributed by atoms with Crippen LogP contribution in [0.5, 0.6) is 5.75 Å². The molecule has 2 heteroatoms. The molecule has 2 aromatic carbocycles. The van der Waals surface area contributed by atoms with Crippen molar-refractivity contribution in [1.29, 1.82) is 0 Å². The highest BCUT2D eigenvalue weighted by atomic mass is 16.5. The lowest BCUT2D eigenvalue weighted by atomic mass is 9.84. The first-order valence-electron chi connectivity index (χ1n) is 9.29. The molecular weight excluding hydrogens is 294 g/mol. The van der Waals surface area contributed by atoms with E-state index in [9.17, 15) is 0 Å². The zero-order chi connectivity index (χ0) is 16.4. The number of methoxy groups -OCH3 is 1. The third-order valence-electron chi connectivity index (χ3n) is 5.99. The van der Waals surface area contributed by atoms with Crippen LogP contribution in [-0.2, 0) is 6.42 Å². The Morgan fingerprint density at radius 3 is 2.62 bits per heavy atom. The first-order valence-corrected chi connectivity index (χ1v) is 9.29. The summed E-state index contributed by atoms with van der Waals surface area (Å²) >= 11 is 0. The second-order valence-electron chi connectivity index (χ2n) is 7.23. The highest BCUT2D eigenvalue weighted by Crippen LogP contribution is 2.44. The normalized spacial score (nSPS) is 26.5. The molecule has 24 heavy (non-hydrogen) atoms. The molecule has 2 saturated heterocycles. The molecule has 3 unspecified atom stereocenters. The number of hydrogen-bond donors (Lipinski definition) is 0. The third kappa shape index (κ3) is 3.08. The fourth-order valence-corrected chi connectivity index (χ4v) is 4.78. The molecule has 3 atom stereocenters. The van der Waals surface area contributed by atoms with E-state index in [1.54, 1.807) is 7.11 Å². The maximum Gasteiger partial charge on any atom is 0.119 e. The van der Waals surface area contributed by atoms with Crippen LogP contribution in [0.25, 0.3) is 0 Å². The molecule has 126 valence electrons. The molecular formula is C22H27NO. The average Bonchev–Trinajstić information content (AvgIpc) is 2.91. The van der Waals surface area contributed by atoms with E-state index in [2.05, 4.69) is 59.5 Å². The Bertz CT molecular complexity index is 669. The summed E-state index contributed by atoms with van der Waals surface area (Å²) in [6.07, 6.45) is 6.55. The number of fused-ring (bicyclic) bond motifs is 2. The predicted molar refractivity (Wildman–Crippen MR) is 98.6 cm³/mol. The second-order valence-corrected chi connectivity index (χ2v) is 7.23. The van der Waals surface area contributed by atoms with Crippen molar-refractivity contribution in [3.05, 3.63) is 65.7 Å². The number of rotatable bonds is 5. The fourth-order valence-electron chi connectivity index (χ4n) is 4.78. The number of benzene rings is 2. The van der Waals surface area contributed by atoms with Gasteiger partial charge in [0.15, 0.2) is 0 Å². The van der Waals surface area contributed by atoms with Crippen molar-refractivity contribution in [2.24, 2.45) is 0 Å². The molecule has 2 bridgehead atoms. The predicted octanol–water partition coefficient (Wildman–Crippen LogP) is 4.65. The fraction of sp³-hybridized carbons (Fsp3) is 0.455. The lowest BCUT2D eigenvalue weighted by Gasteiger charge is -2.40. The Labute approximate surface area is 145 Å². The summed E-state index contributed by atoms with van der Waals surface area (Å²) in [6, 6.07) is 21.2. The van der Waals surface area contributed by atoms with Crippen molar-refractivity contribution in [1.82, 2.24) is 4.90 Å². The number of hydrogen-bond acceptors (Lipinski definition) is 2. The summed E-state index contributed by atoms with van der Waals surface area (Å²) in [4.78, 5) is 2.81. The zero-order valence-electron chi connectivity index (χ0n) is 14.5. The smallest absolute Gasteiger partial charge is 0.119 e. The first-order chi connectivity index (χ1) is 11.8. The van der Waals surface area contributed by atoms with Crippen LogP contribution < -0.4 is 4.74 Å². The monoisotopic (exact) mass is 321 g/mol. The number of ether oxygens (including phenoxy) is 1. The molecule has 2 aliphatic rings. The van der Waals surface area contributed by atoms with Crippen LogP contribution in [0.3, 0.4) is 0 Å². The van der Waals surface area contributed by atoms with Crippen molar-refractivity contribution in [3.8, 4) is 5.75 Å². The molecule has 0 N–H and O–H groups in total. The minimum Gasteiger partial charge on any atom is -0.497 e. The van der Waals surface area contributed by atoms with Crippen LogP contribution in [0.1, 0.15) is 42.7 Å². The van der Waals surface area contributed by atoms with Crippen molar-refractivity contribution in [2.75, 3.05) is 13.7 Å². The molecule has 0 aliphatic carbocycles. The Hall–Kier alpha value is -1.80. The second kappa shape index (κ2) is 6.98. The molecule has 0 aromatic heterocycles. The maximum absolute atomic E-state index is 5.44. The van der Waals surface area contributed by atoms with E-state index in [1.807, 2.05) is 0 Å². The number of piperidine rings is 1. The molecule has 4 rings (SSSR count). The molecule has 2 aromatic rings. The topological polar surface area (TPSA) is 12.5 Å². The lowest BCUT2D eigenvalue weighted by Crippen LogP contribution is -2.44. The van der Waals surface area contributed by atoms with Gasteiger partial charge in [0, 0.05) is 18.6 Å². The number of nitrogens with zero attached hydrogens (tertiary/aromatic N) is 1. The van der Waals surface area contributed by atoms with E-state index >= 15 is 0 Å². The summed E-state index contributed by atoms with van der Waals surface area (Å²) in [5, 5.41) is 0. The van der Waals surface area contributed by atoms with Gasteiger partial charge >= 0.3 is 0 Å². The molecule has 2 nitrogen and oxygen atoms in total. The van der Waals surface area contributed by atoms with Gasteiger partial charge < -0.3 is 4.74 Å². The average molecular weight is 321 g/mol. The van der Waals surface area contributed by atoms with Gasteiger partial charge in [-0.05, 0) is 61.3 Å². The zero-order valence-corrected chi connectivity index (χ0v) is 14.5. The quantitative estimate of drug-likeness (QED) is 0.795. The van der Waals surface area contributed by atoms with Crippen LogP contribution in [0.15, 0.2) is 54.6 Å². The van der Waals surface area contributed by atoms with E-state index in [4.69, 9.17) is 4.74 Å². The highest BCUT2D eigenvalue weighted by molar-refractivity contribution is 5.32. The lowest BCUT2D eigenvalue weighted by molar-refractivity contribution is 0.123. The van der Waals surface area contributed by atoms with E-state index in [0.29, 0.717) is 12.0 Å². The van der Waals surface area contributed by atoms with Crippen LogP contribution in [0, 0.1) is 0 Å². The van der Waals surface area contributed by atoms with Gasteiger partial charge in [-0.1, -0.05) is 42.5 Å². The molecule has 0 saturated carbocycles. The Morgan fingerprint density at radius 2 is 1.79 bits per heavy atom. The molecule has 0 spiro atoms. The summed E-state index contributed by atoms with van der Waals surface area (Å²) in [7, 11) is 1.76. The van der Waals surface area contributed by atoms with E-state index in [1.165, 1.54) is 49.8 Å². The van der Waals surface area contributed by atoms with Crippen molar-refractivity contribution in [2.45, 2.75) is 50.1 Å². The van der Waals surface area contributed by atoms with Crippen LogP contribution in [-0.4, -0.2) is 30.6 Å². The standard InChI is InChI=1S/C22H27NO/c1-24-20-9-5-8-18(16-20)21-12-10-19-11-13-22(21)23(19)15-14-17-6-3-2-4-7-17/h2-9,16,19,21-22H,10-15H2,1H3. The van der Waals surface area contributed by atoms with Crippen LogP contribution >= 0.6 is 0 Å². The van der Waals surface area contributed by atoms with Gasteiger partial charge in [0.1, 0.15) is 5.75 Å². The molecule has 2 fully saturated rings. The summed E-state index contributed by atoms with van der Waals surface area (Å²) in [6.45, 7) is 1.19. The molecule has 2 aliphatic heterocycles. The van der Waals surface area contributed by atoms with E-state index < -0.39 is 0 Å². The Balaban J connectivity index is 1.50. The summed E-state index contributed by atoms with van der Waals surface area (Å²) in [5.41, 5.74) is 2.92. The van der Waals surface area contributed by atoms with Crippen LogP contribution in [0.2, 0.25) is 0 Å². The van der Waals surface area contributed by atoms with E-state index in [0.717, 1.165) is 11.8 Å². The minimum atomic E-state index is 0.662. The van der Waals surface area contributed by atoms with Gasteiger partial charge in [-0.25, -0.2) is 0 Å². The Morgan fingerprint density at radius 1 is 0.958 bits per heavy atom. The van der Waals surface area contributed by atoms with Crippen molar-refractivity contribution < 1.29 is 4.74 Å². The summed E-state index contributed by atoms with van der Waals surface area (Å²) < 4.78 is 5.44. The van der Waals surface area contributed by atoms with E-state index in [-0.39, 0.29) is 0 Å². The van der Waals surface area contributed by atoms with Gasteiger partial charge in [0.2, 0.25) is 0 Å². The van der Waals surface area contributed by atoms with Crippen molar-refractivity contribution >= 4 is 0 Å². The first kappa shape index (κ1) is 15.7.